The van der Waals surface area contributed by atoms with Gasteiger partial charge in [0.15, 0.2) is 11.5 Å². The number of benzene rings is 2. The summed E-state index contributed by atoms with van der Waals surface area (Å²) in [6.07, 6.45) is -0.618. The van der Waals surface area contributed by atoms with E-state index in [1.165, 1.54) is 0 Å². The maximum absolute atomic E-state index is 12.5. The predicted octanol–water partition coefficient (Wildman–Crippen LogP) is 1.71. The summed E-state index contributed by atoms with van der Waals surface area (Å²) in [5.41, 5.74) is 0.632. The molecule has 1 atom stereocenters. The summed E-state index contributed by atoms with van der Waals surface area (Å²) in [5.74, 6) is 2.40. The summed E-state index contributed by atoms with van der Waals surface area (Å²) >= 11 is 0. The van der Waals surface area contributed by atoms with Crippen molar-refractivity contribution in [3.05, 3.63) is 42.5 Å². The van der Waals surface area contributed by atoms with Crippen molar-refractivity contribution in [2.45, 2.75) is 6.10 Å². The molecule has 2 N–H and O–H groups in total. The Morgan fingerprint density at radius 2 is 1.55 bits per heavy atom. The van der Waals surface area contributed by atoms with Crippen molar-refractivity contribution >= 4 is 11.6 Å². The van der Waals surface area contributed by atoms with Crippen LogP contribution in [-0.4, -0.2) is 94.1 Å². The van der Waals surface area contributed by atoms with E-state index in [0.717, 1.165) is 26.2 Å². The molecule has 1 unspecified atom stereocenters. The molecule has 0 bridgehead atoms. The smallest absolute Gasteiger partial charge is 0.238 e. The highest BCUT2D eigenvalue weighted by molar-refractivity contribution is 5.92. The van der Waals surface area contributed by atoms with Crippen molar-refractivity contribution in [2.75, 3.05) is 72.5 Å². The number of hydrogen-bond donors (Lipinski definition) is 2. The molecule has 1 aliphatic rings. The largest absolute Gasteiger partial charge is 0.497 e. The Morgan fingerprint density at radius 3 is 2.15 bits per heavy atom. The van der Waals surface area contributed by atoms with Gasteiger partial charge in [-0.1, -0.05) is 12.1 Å². The van der Waals surface area contributed by atoms with Crippen molar-refractivity contribution in [1.82, 2.24) is 9.80 Å². The maximum Gasteiger partial charge on any atom is 0.238 e. The van der Waals surface area contributed by atoms with Crippen LogP contribution in [0, 0.1) is 0 Å². The lowest BCUT2D eigenvalue weighted by molar-refractivity contribution is -0.117. The van der Waals surface area contributed by atoms with E-state index in [0.29, 0.717) is 41.8 Å². The first-order valence-corrected chi connectivity index (χ1v) is 10.9. The molecule has 0 aliphatic carbocycles. The van der Waals surface area contributed by atoms with Crippen molar-refractivity contribution in [3.63, 3.8) is 0 Å². The minimum atomic E-state index is -0.618. The topological polar surface area (TPSA) is 92.7 Å². The van der Waals surface area contributed by atoms with E-state index in [4.69, 9.17) is 18.9 Å². The Hall–Kier alpha value is -3.01. The monoisotopic (exact) mass is 459 g/mol. The van der Waals surface area contributed by atoms with Gasteiger partial charge >= 0.3 is 0 Å². The molecule has 180 valence electrons. The van der Waals surface area contributed by atoms with Gasteiger partial charge in [0.2, 0.25) is 5.91 Å². The number of carbonyl (C=O) groups is 1. The van der Waals surface area contributed by atoms with E-state index in [1.54, 1.807) is 39.5 Å². The number of nitrogens with one attached hydrogen (secondary N) is 1. The average molecular weight is 460 g/mol. The van der Waals surface area contributed by atoms with Gasteiger partial charge in [-0.15, -0.1) is 0 Å². The molecule has 1 aliphatic heterocycles. The van der Waals surface area contributed by atoms with Crippen molar-refractivity contribution in [1.29, 1.82) is 0 Å². The zero-order valence-electron chi connectivity index (χ0n) is 19.5. The van der Waals surface area contributed by atoms with Crippen LogP contribution >= 0.6 is 0 Å². The van der Waals surface area contributed by atoms with Crippen LogP contribution in [0.15, 0.2) is 42.5 Å². The second-order valence-corrected chi connectivity index (χ2v) is 7.84. The van der Waals surface area contributed by atoms with Crippen LogP contribution < -0.4 is 24.3 Å². The second kappa shape index (κ2) is 12.3. The molecule has 1 saturated heterocycles. The first-order valence-electron chi connectivity index (χ1n) is 10.9. The van der Waals surface area contributed by atoms with Crippen LogP contribution in [0.1, 0.15) is 0 Å². The molecule has 0 saturated carbocycles. The molecule has 33 heavy (non-hydrogen) atoms. The number of anilines is 1. The zero-order valence-corrected chi connectivity index (χ0v) is 19.5. The molecule has 9 nitrogen and oxygen atoms in total. The molecular formula is C24H33N3O6. The number of hydrogen-bond acceptors (Lipinski definition) is 8. The lowest BCUT2D eigenvalue weighted by atomic mass is 10.2. The van der Waals surface area contributed by atoms with Gasteiger partial charge in [0.05, 0.1) is 27.9 Å². The lowest BCUT2D eigenvalue weighted by Crippen LogP contribution is -2.50. The number of β-amino-alcohol motifs (C(OH)–C–C–N with tert-alkyl or cyclic N) is 1. The normalized spacial score (nSPS) is 15.5. The van der Waals surface area contributed by atoms with Crippen LogP contribution in [0.5, 0.6) is 23.0 Å². The summed E-state index contributed by atoms with van der Waals surface area (Å²) in [6.45, 7) is 4.03. The highest BCUT2D eigenvalue weighted by atomic mass is 16.5. The van der Waals surface area contributed by atoms with Crippen LogP contribution in [0.4, 0.5) is 5.69 Å². The fourth-order valence-corrected chi connectivity index (χ4v) is 3.69. The lowest BCUT2D eigenvalue weighted by Gasteiger charge is -2.35. The van der Waals surface area contributed by atoms with Gasteiger partial charge in [-0.05, 0) is 12.1 Å². The summed E-state index contributed by atoms with van der Waals surface area (Å²) in [6, 6.07) is 12.6. The average Bonchev–Trinajstić information content (AvgIpc) is 2.83. The quantitative estimate of drug-likeness (QED) is 0.525. The number of carbonyl (C=O) groups excluding carboxylic acids is 1. The molecule has 2 aromatic carbocycles. The van der Waals surface area contributed by atoms with E-state index < -0.39 is 6.10 Å². The standard InChI is InChI=1S/C24H33N3O6/c1-30-20-12-18(13-21(14-20)31-2)25-24(29)16-27-10-8-26(9-11-27)15-19(28)17-33-23-7-5-4-6-22(23)32-3/h4-7,12-14,19,28H,8-11,15-17H2,1-3H3,(H,25,29). The Balaban J connectivity index is 1.39. The molecule has 0 aromatic heterocycles. The minimum absolute atomic E-state index is 0.0935. The molecule has 1 amide bonds. The minimum Gasteiger partial charge on any atom is -0.497 e. The van der Waals surface area contributed by atoms with Gasteiger partial charge in [-0.25, -0.2) is 0 Å². The number of nitrogens with zero attached hydrogens (tertiary/aromatic N) is 2. The van der Waals surface area contributed by atoms with Gasteiger partial charge in [0, 0.05) is 56.6 Å². The van der Waals surface area contributed by atoms with Crippen molar-refractivity contribution < 1.29 is 28.8 Å². The second-order valence-electron chi connectivity index (χ2n) is 7.84. The Labute approximate surface area is 194 Å². The molecule has 0 radical (unpaired) electrons. The third-order valence-corrected chi connectivity index (χ3v) is 5.44. The number of methoxy groups -OCH3 is 3. The SMILES string of the molecule is COc1cc(NC(=O)CN2CCN(CC(O)COc3ccccc3OC)CC2)cc(OC)c1. The number of aliphatic hydroxyl groups excluding tert-OH is 1. The molecule has 1 fully saturated rings. The Morgan fingerprint density at radius 1 is 0.939 bits per heavy atom. The molecule has 2 aromatic rings. The fraction of sp³-hybridized carbons (Fsp3) is 0.458. The number of piperazine rings is 1. The number of amides is 1. The van der Waals surface area contributed by atoms with Crippen molar-refractivity contribution in [2.24, 2.45) is 0 Å². The Bertz CT molecular complexity index is 879. The fourth-order valence-electron chi connectivity index (χ4n) is 3.69. The molecule has 0 spiro atoms. The summed E-state index contributed by atoms with van der Waals surface area (Å²) in [5, 5.41) is 13.3. The van der Waals surface area contributed by atoms with Gasteiger partial charge < -0.3 is 29.4 Å². The summed E-state index contributed by atoms with van der Waals surface area (Å²) < 4.78 is 21.5. The van der Waals surface area contributed by atoms with Crippen LogP contribution in [0.3, 0.4) is 0 Å². The van der Waals surface area contributed by atoms with E-state index in [1.807, 2.05) is 24.3 Å². The number of ether oxygens (including phenoxy) is 4. The summed E-state index contributed by atoms with van der Waals surface area (Å²) in [4.78, 5) is 16.8. The zero-order chi connectivity index (χ0) is 23.6. The predicted molar refractivity (Wildman–Crippen MR) is 126 cm³/mol. The Kier molecular flexibility index (Phi) is 9.17. The van der Waals surface area contributed by atoms with Gasteiger partial charge in [0.25, 0.3) is 0 Å². The first-order chi connectivity index (χ1) is 16.0. The molecule has 3 rings (SSSR count). The van der Waals surface area contributed by atoms with Gasteiger partial charge in [0.1, 0.15) is 24.2 Å². The number of rotatable bonds is 11. The molecular weight excluding hydrogens is 426 g/mol. The van der Waals surface area contributed by atoms with Crippen LogP contribution in [0.25, 0.3) is 0 Å². The van der Waals surface area contributed by atoms with E-state index in [-0.39, 0.29) is 12.5 Å². The third-order valence-electron chi connectivity index (χ3n) is 5.44. The highest BCUT2D eigenvalue weighted by Crippen LogP contribution is 2.26. The highest BCUT2D eigenvalue weighted by Gasteiger charge is 2.21. The van der Waals surface area contributed by atoms with Gasteiger partial charge in [-0.3, -0.25) is 14.6 Å². The van der Waals surface area contributed by atoms with E-state index in [9.17, 15) is 9.90 Å². The van der Waals surface area contributed by atoms with Crippen LogP contribution in [-0.2, 0) is 4.79 Å². The summed E-state index contributed by atoms with van der Waals surface area (Å²) in [7, 11) is 4.73. The van der Waals surface area contributed by atoms with Gasteiger partial charge in [-0.2, -0.15) is 0 Å². The van der Waals surface area contributed by atoms with Crippen molar-refractivity contribution in [3.8, 4) is 23.0 Å². The number of aliphatic hydroxyl groups is 1. The molecule has 1 heterocycles. The van der Waals surface area contributed by atoms with Crippen LogP contribution in [0.2, 0.25) is 0 Å². The first kappa shape index (κ1) is 24.6. The number of para-hydroxylation sites is 2. The third kappa shape index (κ3) is 7.52. The van der Waals surface area contributed by atoms with E-state index in [2.05, 4.69) is 15.1 Å². The maximum atomic E-state index is 12.5. The molecule has 9 heteroatoms. The van der Waals surface area contributed by atoms with E-state index >= 15 is 0 Å².